The number of hydrogen-bond acceptors (Lipinski definition) is 3. The zero-order valence-corrected chi connectivity index (χ0v) is 9.54. The van der Waals surface area contributed by atoms with Crippen LogP contribution >= 0.6 is 0 Å². The Morgan fingerprint density at radius 2 is 1.57 bits per heavy atom. The molecule has 0 aromatic rings. The van der Waals surface area contributed by atoms with E-state index in [0.29, 0.717) is 19.4 Å². The van der Waals surface area contributed by atoms with Gasteiger partial charge in [-0.15, -0.1) is 0 Å². The highest BCUT2D eigenvalue weighted by Gasteiger charge is 2.09. The molecule has 0 aliphatic heterocycles. The minimum absolute atomic E-state index is 0.0436. The summed E-state index contributed by atoms with van der Waals surface area (Å²) in [5.41, 5.74) is 0. The third-order valence-corrected chi connectivity index (χ3v) is 2.00. The van der Waals surface area contributed by atoms with Crippen LogP contribution in [0.2, 0.25) is 0 Å². The Balaban J connectivity index is 3.70. The van der Waals surface area contributed by atoms with Gasteiger partial charge in [-0.2, -0.15) is 0 Å². The van der Waals surface area contributed by atoms with Crippen molar-refractivity contribution in [3.8, 4) is 0 Å². The van der Waals surface area contributed by atoms with E-state index in [9.17, 15) is 9.59 Å². The summed E-state index contributed by atoms with van der Waals surface area (Å²) in [5.74, 6) is 0.112. The maximum Gasteiger partial charge on any atom is 0.222 e. The largest absolute Gasteiger partial charge is 0.344 e. The number of carbonyl (C=O) groups excluding carboxylic acids is 2. The summed E-state index contributed by atoms with van der Waals surface area (Å²) in [4.78, 5) is 25.8. The van der Waals surface area contributed by atoms with Gasteiger partial charge in [0.2, 0.25) is 5.91 Å². The minimum Gasteiger partial charge on any atom is -0.344 e. The maximum absolute atomic E-state index is 11.4. The topological polar surface area (TPSA) is 40.6 Å². The number of likely N-dealkylation sites (N-methyl/N-ethyl adjacent to an activating group) is 2. The number of hydrogen-bond donors (Lipinski definition) is 0. The molecule has 82 valence electrons. The molecule has 4 heteroatoms. The molecule has 0 spiro atoms. The Morgan fingerprint density at radius 1 is 1.00 bits per heavy atom. The predicted molar refractivity (Wildman–Crippen MR) is 56.1 cm³/mol. The Bertz CT molecular complexity index is 202. The molecule has 14 heavy (non-hydrogen) atoms. The van der Waals surface area contributed by atoms with Gasteiger partial charge in [0, 0.05) is 33.0 Å². The van der Waals surface area contributed by atoms with Crippen LogP contribution in [0.5, 0.6) is 0 Å². The van der Waals surface area contributed by atoms with Crippen molar-refractivity contribution in [3.05, 3.63) is 0 Å². The highest BCUT2D eigenvalue weighted by Crippen LogP contribution is 1.96. The van der Waals surface area contributed by atoms with Gasteiger partial charge < -0.3 is 14.6 Å². The zero-order valence-electron chi connectivity index (χ0n) is 9.54. The van der Waals surface area contributed by atoms with E-state index in [1.807, 2.05) is 19.0 Å². The van der Waals surface area contributed by atoms with E-state index >= 15 is 0 Å². The lowest BCUT2D eigenvalue weighted by Crippen LogP contribution is -2.33. The van der Waals surface area contributed by atoms with Crippen molar-refractivity contribution in [1.82, 2.24) is 9.80 Å². The lowest BCUT2D eigenvalue weighted by Gasteiger charge is -2.19. The van der Waals surface area contributed by atoms with Crippen LogP contribution in [-0.2, 0) is 9.59 Å². The van der Waals surface area contributed by atoms with Crippen LogP contribution in [0.25, 0.3) is 0 Å². The highest BCUT2D eigenvalue weighted by molar-refractivity contribution is 5.83. The molecule has 0 aliphatic rings. The summed E-state index contributed by atoms with van der Waals surface area (Å²) < 4.78 is 0. The molecule has 4 nitrogen and oxygen atoms in total. The van der Waals surface area contributed by atoms with Crippen molar-refractivity contribution in [2.75, 3.05) is 34.2 Å². The monoisotopic (exact) mass is 200 g/mol. The third-order valence-electron chi connectivity index (χ3n) is 2.00. The summed E-state index contributed by atoms with van der Waals surface area (Å²) in [7, 11) is 5.70. The van der Waals surface area contributed by atoms with Crippen molar-refractivity contribution in [2.24, 2.45) is 0 Å². The molecule has 0 unspecified atom stereocenters. The molecule has 0 radical (unpaired) electrons. The summed E-state index contributed by atoms with van der Waals surface area (Å²) in [6.07, 6.45) is 0.685. The van der Waals surface area contributed by atoms with Crippen LogP contribution in [0.15, 0.2) is 0 Å². The van der Waals surface area contributed by atoms with E-state index in [4.69, 9.17) is 0 Å². The highest BCUT2D eigenvalue weighted by atomic mass is 16.2. The summed E-state index contributed by atoms with van der Waals surface area (Å²) in [6, 6.07) is 0. The Kier molecular flexibility index (Phi) is 6.12. The molecule has 0 N–H and O–H groups in total. The smallest absolute Gasteiger partial charge is 0.222 e. The first-order valence-corrected chi connectivity index (χ1v) is 4.81. The molecular formula is C10H20N2O2. The normalized spacial score (nSPS) is 10.4. The van der Waals surface area contributed by atoms with Gasteiger partial charge in [-0.1, -0.05) is 0 Å². The molecule has 0 bridgehead atoms. The van der Waals surface area contributed by atoms with E-state index < -0.39 is 0 Å². The first-order valence-electron chi connectivity index (χ1n) is 4.81. The fourth-order valence-electron chi connectivity index (χ4n) is 0.949. The Morgan fingerprint density at radius 3 is 2.00 bits per heavy atom. The number of amides is 1. The summed E-state index contributed by atoms with van der Waals surface area (Å²) >= 11 is 0. The fourth-order valence-corrected chi connectivity index (χ4v) is 0.949. The predicted octanol–water partition coefficient (Wildman–Crippen LogP) is 0.376. The molecule has 0 heterocycles. The van der Waals surface area contributed by atoms with Crippen LogP contribution in [0.4, 0.5) is 0 Å². The molecular weight excluding hydrogens is 180 g/mol. The van der Waals surface area contributed by atoms with Crippen molar-refractivity contribution < 1.29 is 9.59 Å². The fraction of sp³-hybridized carbons (Fsp3) is 0.800. The number of carbonyl (C=O) groups is 2. The second-order valence-electron chi connectivity index (χ2n) is 3.82. The number of Topliss-reactive ketones (excluding diaryl/α,β-unsaturated/α-hetero) is 1. The van der Waals surface area contributed by atoms with Crippen LogP contribution in [0.3, 0.4) is 0 Å². The standard InChI is InChI=1S/C10H20N2O2/c1-9(13)5-6-10(14)12(4)8-7-11(2)3/h5-8H2,1-4H3. The quantitative estimate of drug-likeness (QED) is 0.622. The lowest BCUT2D eigenvalue weighted by molar-refractivity contribution is -0.131. The van der Waals surface area contributed by atoms with Crippen LogP contribution < -0.4 is 0 Å². The average molecular weight is 200 g/mol. The van der Waals surface area contributed by atoms with Gasteiger partial charge in [0.05, 0.1) is 0 Å². The molecule has 0 fully saturated rings. The molecule has 0 aliphatic carbocycles. The van der Waals surface area contributed by atoms with Crippen molar-refractivity contribution in [1.29, 1.82) is 0 Å². The van der Waals surface area contributed by atoms with Crippen molar-refractivity contribution >= 4 is 11.7 Å². The molecule has 0 rings (SSSR count). The molecule has 0 atom stereocenters. The van der Waals surface area contributed by atoms with E-state index in [1.165, 1.54) is 6.92 Å². The van der Waals surface area contributed by atoms with Gasteiger partial charge in [-0.05, 0) is 21.0 Å². The maximum atomic E-state index is 11.4. The van der Waals surface area contributed by atoms with Gasteiger partial charge in [-0.3, -0.25) is 4.79 Å². The van der Waals surface area contributed by atoms with E-state index in [0.717, 1.165) is 6.54 Å². The van der Waals surface area contributed by atoms with Crippen LogP contribution in [0, 0.1) is 0 Å². The second kappa shape index (κ2) is 6.54. The molecule has 0 aromatic heterocycles. The van der Waals surface area contributed by atoms with E-state index in [2.05, 4.69) is 0 Å². The SMILES string of the molecule is CC(=O)CCC(=O)N(C)CCN(C)C. The number of ketones is 1. The van der Waals surface area contributed by atoms with Gasteiger partial charge in [-0.25, -0.2) is 0 Å². The summed E-state index contributed by atoms with van der Waals surface area (Å²) in [6.45, 7) is 3.07. The Labute approximate surface area is 85.9 Å². The second-order valence-corrected chi connectivity index (χ2v) is 3.82. The minimum atomic E-state index is 0.0436. The summed E-state index contributed by atoms with van der Waals surface area (Å²) in [5, 5.41) is 0. The zero-order chi connectivity index (χ0) is 11.1. The van der Waals surface area contributed by atoms with Gasteiger partial charge >= 0.3 is 0 Å². The molecule has 0 aromatic carbocycles. The van der Waals surface area contributed by atoms with Crippen molar-refractivity contribution in [2.45, 2.75) is 19.8 Å². The van der Waals surface area contributed by atoms with E-state index in [-0.39, 0.29) is 11.7 Å². The van der Waals surface area contributed by atoms with Crippen LogP contribution in [-0.4, -0.2) is 55.7 Å². The molecule has 0 saturated carbocycles. The molecule has 0 saturated heterocycles. The van der Waals surface area contributed by atoms with E-state index in [1.54, 1.807) is 11.9 Å². The number of nitrogens with zero attached hydrogens (tertiary/aromatic N) is 2. The first-order chi connectivity index (χ1) is 6.43. The van der Waals surface area contributed by atoms with Gasteiger partial charge in [0.15, 0.2) is 0 Å². The Hall–Kier alpha value is -0.900. The molecule has 1 amide bonds. The lowest BCUT2D eigenvalue weighted by atomic mass is 10.2. The third kappa shape index (κ3) is 6.60. The van der Waals surface area contributed by atoms with Gasteiger partial charge in [0.1, 0.15) is 5.78 Å². The van der Waals surface area contributed by atoms with Crippen LogP contribution in [0.1, 0.15) is 19.8 Å². The van der Waals surface area contributed by atoms with Crippen molar-refractivity contribution in [3.63, 3.8) is 0 Å². The number of rotatable bonds is 6. The first kappa shape index (κ1) is 13.1. The average Bonchev–Trinajstić information content (AvgIpc) is 2.09. The van der Waals surface area contributed by atoms with Gasteiger partial charge in [0.25, 0.3) is 0 Å².